The van der Waals surface area contributed by atoms with Gasteiger partial charge in [-0.05, 0) is 6.92 Å². The van der Waals surface area contributed by atoms with Crippen LogP contribution >= 0.6 is 15.9 Å². The molecule has 2 N–H and O–H groups in total. The van der Waals surface area contributed by atoms with E-state index in [9.17, 15) is 0 Å². The largest absolute Gasteiger partial charge is 0.390 e. The summed E-state index contributed by atoms with van der Waals surface area (Å²) in [7, 11) is 0. The Morgan fingerprint density at radius 1 is 1.50 bits per heavy atom. The molecule has 0 aromatic heterocycles. The van der Waals surface area contributed by atoms with Crippen LogP contribution in [0.2, 0.25) is 0 Å². The molecule has 0 fully saturated rings. The average Bonchev–Trinajstić information content (AvgIpc) is 1.36. The summed E-state index contributed by atoms with van der Waals surface area (Å²) in [5.41, 5.74) is 0. The minimum atomic E-state index is -0.780. The Bertz CT molecular complexity index is 29.8. The van der Waals surface area contributed by atoms with Gasteiger partial charge in [-0.3, -0.25) is 0 Å². The van der Waals surface area contributed by atoms with E-state index in [-0.39, 0.29) is 0 Å². The van der Waals surface area contributed by atoms with E-state index in [0.29, 0.717) is 0 Å². The van der Waals surface area contributed by atoms with Crippen LogP contribution in [0.5, 0.6) is 0 Å². The molecule has 0 saturated carbocycles. The molecule has 0 aliphatic carbocycles. The molecule has 0 bridgehead atoms. The molecule has 38 valence electrons. The third kappa shape index (κ3) is 2.63. The van der Waals surface area contributed by atoms with Gasteiger partial charge in [0.15, 0.2) is 0 Å². The van der Waals surface area contributed by atoms with Crippen molar-refractivity contribution in [1.82, 2.24) is 0 Å². The van der Waals surface area contributed by atoms with Gasteiger partial charge < -0.3 is 10.2 Å². The van der Waals surface area contributed by atoms with Gasteiger partial charge in [0, 0.05) is 0 Å². The normalized spacial score (nSPS) is 20.0. The maximum absolute atomic E-state index is 8.33. The zero-order valence-electron chi connectivity index (χ0n) is 3.43. The van der Waals surface area contributed by atoms with E-state index >= 15 is 0 Å². The standard InChI is InChI=1S/C3H7BrO2/c1-2(5)3(4)6/h2-3,5-6H,1H3. The molecule has 0 heterocycles. The van der Waals surface area contributed by atoms with E-state index in [0.717, 1.165) is 0 Å². The monoisotopic (exact) mass is 154 g/mol. The second-order valence-electron chi connectivity index (χ2n) is 1.11. The van der Waals surface area contributed by atoms with Crippen molar-refractivity contribution in [3.63, 3.8) is 0 Å². The van der Waals surface area contributed by atoms with Gasteiger partial charge in [-0.2, -0.15) is 0 Å². The van der Waals surface area contributed by atoms with Crippen LogP contribution in [0.4, 0.5) is 0 Å². The molecule has 2 nitrogen and oxygen atoms in total. The molecule has 0 radical (unpaired) electrons. The fourth-order valence-electron chi connectivity index (χ4n) is 0. The highest BCUT2D eigenvalue weighted by molar-refractivity contribution is 9.09. The number of aliphatic hydroxyl groups is 2. The predicted octanol–water partition coefficient (Wildman–Crippen LogP) is 0.0805. The minimum absolute atomic E-state index is 0.676. The second kappa shape index (κ2) is 2.55. The summed E-state index contributed by atoms with van der Waals surface area (Å²) in [5, 5.41) is 15.8. The number of aliphatic hydroxyl groups excluding tert-OH is 2. The van der Waals surface area contributed by atoms with Crippen molar-refractivity contribution in [2.24, 2.45) is 0 Å². The summed E-state index contributed by atoms with van der Waals surface area (Å²) in [5.74, 6) is 0. The van der Waals surface area contributed by atoms with Gasteiger partial charge in [0.1, 0.15) is 5.01 Å². The minimum Gasteiger partial charge on any atom is -0.390 e. The molecule has 0 aromatic carbocycles. The molecule has 0 rings (SSSR count). The van der Waals surface area contributed by atoms with Crippen molar-refractivity contribution in [3.05, 3.63) is 0 Å². The van der Waals surface area contributed by atoms with E-state index in [4.69, 9.17) is 10.2 Å². The molecule has 2 atom stereocenters. The van der Waals surface area contributed by atoms with Gasteiger partial charge in [0.2, 0.25) is 0 Å². The maximum atomic E-state index is 8.33. The molecule has 0 spiro atoms. The number of rotatable bonds is 1. The first kappa shape index (κ1) is 6.40. The quantitative estimate of drug-likeness (QED) is 0.526. The number of hydrogen-bond donors (Lipinski definition) is 2. The van der Waals surface area contributed by atoms with Crippen LogP contribution in [-0.4, -0.2) is 21.3 Å². The first-order valence-electron chi connectivity index (χ1n) is 1.65. The van der Waals surface area contributed by atoms with Gasteiger partial charge in [0.25, 0.3) is 0 Å². The summed E-state index contributed by atoms with van der Waals surface area (Å²) in [6.07, 6.45) is -0.676. The fraction of sp³-hybridized carbons (Fsp3) is 1.00. The average molecular weight is 155 g/mol. The van der Waals surface area contributed by atoms with E-state index in [1.165, 1.54) is 6.92 Å². The molecule has 2 unspecified atom stereocenters. The zero-order chi connectivity index (χ0) is 5.15. The van der Waals surface area contributed by atoms with E-state index in [1.54, 1.807) is 0 Å². The molecule has 3 heteroatoms. The Morgan fingerprint density at radius 3 is 1.67 bits per heavy atom. The summed E-state index contributed by atoms with van der Waals surface area (Å²) >= 11 is 2.74. The van der Waals surface area contributed by atoms with Crippen molar-refractivity contribution in [2.75, 3.05) is 0 Å². The Hall–Kier alpha value is 0.400. The molecule has 0 aliphatic heterocycles. The molecule has 0 amide bonds. The first-order chi connectivity index (χ1) is 2.64. The topological polar surface area (TPSA) is 40.5 Å². The maximum Gasteiger partial charge on any atom is 0.134 e. The van der Waals surface area contributed by atoms with Gasteiger partial charge in [0.05, 0.1) is 6.10 Å². The van der Waals surface area contributed by atoms with Gasteiger partial charge in [-0.15, -0.1) is 0 Å². The van der Waals surface area contributed by atoms with E-state index in [2.05, 4.69) is 15.9 Å². The van der Waals surface area contributed by atoms with Gasteiger partial charge in [-0.25, -0.2) is 0 Å². The van der Waals surface area contributed by atoms with Crippen LogP contribution in [0, 0.1) is 0 Å². The van der Waals surface area contributed by atoms with E-state index < -0.39 is 11.1 Å². The third-order valence-electron chi connectivity index (χ3n) is 0.398. The van der Waals surface area contributed by atoms with Gasteiger partial charge in [-0.1, -0.05) is 15.9 Å². The summed E-state index contributed by atoms with van der Waals surface area (Å²) < 4.78 is 0. The number of halogens is 1. The molecular formula is C3H7BrO2. The van der Waals surface area contributed by atoms with Gasteiger partial charge >= 0.3 is 0 Å². The van der Waals surface area contributed by atoms with Crippen molar-refractivity contribution in [3.8, 4) is 0 Å². The Balaban J connectivity index is 2.99. The lowest BCUT2D eigenvalue weighted by atomic mass is 10.5. The fourth-order valence-corrected chi connectivity index (χ4v) is 0. The molecule has 0 saturated heterocycles. The van der Waals surface area contributed by atoms with Crippen molar-refractivity contribution in [1.29, 1.82) is 0 Å². The lowest BCUT2D eigenvalue weighted by molar-refractivity contribution is 0.0915. The third-order valence-corrected chi connectivity index (χ3v) is 1.16. The Morgan fingerprint density at radius 2 is 1.67 bits per heavy atom. The molecular weight excluding hydrogens is 148 g/mol. The first-order valence-corrected chi connectivity index (χ1v) is 2.56. The van der Waals surface area contributed by atoms with E-state index in [1.807, 2.05) is 0 Å². The number of hydrogen-bond acceptors (Lipinski definition) is 2. The van der Waals surface area contributed by atoms with Crippen LogP contribution in [0.25, 0.3) is 0 Å². The van der Waals surface area contributed by atoms with Crippen LogP contribution in [0.1, 0.15) is 6.92 Å². The van der Waals surface area contributed by atoms with Crippen molar-refractivity contribution in [2.45, 2.75) is 18.0 Å². The highest BCUT2D eigenvalue weighted by atomic mass is 79.9. The summed E-state index contributed by atoms with van der Waals surface area (Å²) in [6, 6.07) is 0. The smallest absolute Gasteiger partial charge is 0.134 e. The second-order valence-corrected chi connectivity index (χ2v) is 2.05. The van der Waals surface area contributed by atoms with Crippen LogP contribution in [0.15, 0.2) is 0 Å². The Kier molecular flexibility index (Phi) is 2.72. The number of alkyl halides is 1. The molecule has 0 aromatic rings. The lowest BCUT2D eigenvalue weighted by Crippen LogP contribution is -2.13. The molecule has 0 aliphatic rings. The van der Waals surface area contributed by atoms with Crippen molar-refractivity contribution < 1.29 is 10.2 Å². The predicted molar refractivity (Wildman–Crippen MR) is 26.6 cm³/mol. The molecule has 6 heavy (non-hydrogen) atoms. The highest BCUT2D eigenvalue weighted by Crippen LogP contribution is 1.97. The van der Waals surface area contributed by atoms with Crippen LogP contribution in [-0.2, 0) is 0 Å². The van der Waals surface area contributed by atoms with Crippen LogP contribution in [0.3, 0.4) is 0 Å². The highest BCUT2D eigenvalue weighted by Gasteiger charge is 2.02. The van der Waals surface area contributed by atoms with Crippen LogP contribution < -0.4 is 0 Å². The van der Waals surface area contributed by atoms with Crippen molar-refractivity contribution >= 4 is 15.9 Å². The summed E-state index contributed by atoms with van der Waals surface area (Å²) in [6.45, 7) is 1.50. The zero-order valence-corrected chi connectivity index (χ0v) is 5.01. The summed E-state index contributed by atoms with van der Waals surface area (Å²) in [4.78, 5) is 0. The lowest BCUT2D eigenvalue weighted by Gasteiger charge is -2.01. The SMILES string of the molecule is CC(O)C(O)Br. The Labute approximate surface area is 44.9 Å².